The Morgan fingerprint density at radius 3 is 2.64 bits per heavy atom. The third-order valence-electron chi connectivity index (χ3n) is 4.77. The van der Waals surface area contributed by atoms with Crippen molar-refractivity contribution in [1.29, 1.82) is 0 Å². The number of ketones is 1. The lowest BCUT2D eigenvalue weighted by Gasteiger charge is -2.39. The minimum absolute atomic E-state index is 0.0899. The first kappa shape index (κ1) is 17.4. The second-order valence-electron chi connectivity index (χ2n) is 7.43. The maximum absolute atomic E-state index is 13.0. The van der Waals surface area contributed by atoms with Gasteiger partial charge in [-0.1, -0.05) is 13.8 Å². The fraction of sp³-hybridized carbons (Fsp3) is 0.450. The molecule has 132 valence electrons. The Hall–Kier alpha value is -2.43. The van der Waals surface area contributed by atoms with E-state index in [0.29, 0.717) is 24.2 Å². The number of dihydropyridines is 1. The minimum Gasteiger partial charge on any atom is -0.463 e. The van der Waals surface area contributed by atoms with Gasteiger partial charge in [0.1, 0.15) is 0 Å². The van der Waals surface area contributed by atoms with Gasteiger partial charge in [0.15, 0.2) is 5.78 Å². The summed E-state index contributed by atoms with van der Waals surface area (Å²) in [5, 5.41) is 3.32. The zero-order chi connectivity index (χ0) is 18.2. The molecule has 1 N–H and O–H groups in total. The molecule has 5 heteroatoms. The number of carbonyl (C=O) groups is 2. The lowest BCUT2D eigenvalue weighted by Crippen LogP contribution is -2.38. The molecule has 0 saturated heterocycles. The smallest absolute Gasteiger partial charge is 0.336 e. The van der Waals surface area contributed by atoms with Crippen LogP contribution in [-0.4, -0.2) is 23.3 Å². The molecule has 1 atom stereocenters. The highest BCUT2D eigenvalue weighted by molar-refractivity contribution is 6.04. The molecule has 1 aromatic heterocycles. The monoisotopic (exact) mass is 340 g/mol. The van der Waals surface area contributed by atoms with Gasteiger partial charge in [0, 0.05) is 41.7 Å². The SMILES string of the molecule is CCOC(=O)C1=C(C)NC2=C(C(=O)CC(C)(C)C2)C1c1ccncc1. The first-order chi connectivity index (χ1) is 11.8. The molecule has 5 nitrogen and oxygen atoms in total. The van der Waals surface area contributed by atoms with E-state index in [1.54, 1.807) is 19.3 Å². The van der Waals surface area contributed by atoms with Crippen molar-refractivity contribution in [2.45, 2.75) is 46.5 Å². The van der Waals surface area contributed by atoms with Gasteiger partial charge in [-0.15, -0.1) is 0 Å². The maximum atomic E-state index is 13.0. The Morgan fingerprint density at radius 1 is 1.32 bits per heavy atom. The summed E-state index contributed by atoms with van der Waals surface area (Å²) in [6.07, 6.45) is 4.63. The van der Waals surface area contributed by atoms with Crippen molar-refractivity contribution in [2.75, 3.05) is 6.61 Å². The predicted octanol–water partition coefficient (Wildman–Crippen LogP) is 3.25. The van der Waals surface area contributed by atoms with E-state index in [9.17, 15) is 9.59 Å². The Morgan fingerprint density at radius 2 is 2.00 bits per heavy atom. The molecular formula is C20H24N2O3. The van der Waals surface area contributed by atoms with Crippen molar-refractivity contribution in [1.82, 2.24) is 10.3 Å². The summed E-state index contributed by atoms with van der Waals surface area (Å²) in [5.74, 6) is -0.685. The van der Waals surface area contributed by atoms with Crippen molar-refractivity contribution < 1.29 is 14.3 Å². The van der Waals surface area contributed by atoms with E-state index in [0.717, 1.165) is 23.4 Å². The second-order valence-corrected chi connectivity index (χ2v) is 7.43. The van der Waals surface area contributed by atoms with Gasteiger partial charge < -0.3 is 10.1 Å². The van der Waals surface area contributed by atoms with E-state index >= 15 is 0 Å². The summed E-state index contributed by atoms with van der Waals surface area (Å²) in [7, 11) is 0. The van der Waals surface area contributed by atoms with Crippen LogP contribution in [0, 0.1) is 5.41 Å². The number of esters is 1. The lowest BCUT2D eigenvalue weighted by atomic mass is 9.69. The van der Waals surface area contributed by atoms with Crippen LogP contribution in [0.25, 0.3) is 0 Å². The molecule has 0 radical (unpaired) electrons. The Kier molecular flexibility index (Phi) is 4.50. The highest BCUT2D eigenvalue weighted by Crippen LogP contribution is 2.46. The van der Waals surface area contributed by atoms with Crippen molar-refractivity contribution >= 4 is 11.8 Å². The molecule has 3 rings (SSSR count). The van der Waals surface area contributed by atoms with Crippen molar-refractivity contribution in [3.05, 3.63) is 52.6 Å². The normalized spacial score (nSPS) is 22.4. The highest BCUT2D eigenvalue weighted by atomic mass is 16.5. The Labute approximate surface area is 148 Å². The standard InChI is InChI=1S/C20H24N2O3/c1-5-25-19(24)16-12(2)22-14-10-20(3,4)11-15(23)18(14)17(16)13-6-8-21-9-7-13/h6-9,17,22H,5,10-11H2,1-4H3. The molecule has 0 fully saturated rings. The quantitative estimate of drug-likeness (QED) is 0.856. The lowest BCUT2D eigenvalue weighted by molar-refractivity contribution is -0.138. The number of rotatable bonds is 3. The number of allylic oxidation sites excluding steroid dienone is 3. The van der Waals surface area contributed by atoms with E-state index in [4.69, 9.17) is 4.74 Å². The molecule has 0 aromatic carbocycles. The van der Waals surface area contributed by atoms with Crippen molar-refractivity contribution in [2.24, 2.45) is 5.41 Å². The van der Waals surface area contributed by atoms with Crippen LogP contribution in [0.2, 0.25) is 0 Å². The van der Waals surface area contributed by atoms with Gasteiger partial charge in [-0.05, 0) is 43.4 Å². The third-order valence-corrected chi connectivity index (χ3v) is 4.77. The van der Waals surface area contributed by atoms with Crippen LogP contribution in [0.4, 0.5) is 0 Å². The molecule has 1 unspecified atom stereocenters. The van der Waals surface area contributed by atoms with Gasteiger partial charge in [0.05, 0.1) is 12.2 Å². The first-order valence-corrected chi connectivity index (χ1v) is 8.65. The number of ether oxygens (including phenoxy) is 1. The zero-order valence-corrected chi connectivity index (χ0v) is 15.2. The number of carbonyl (C=O) groups excluding carboxylic acids is 2. The van der Waals surface area contributed by atoms with Crippen LogP contribution in [0.1, 0.15) is 52.0 Å². The minimum atomic E-state index is -0.401. The Balaban J connectivity index is 2.16. The van der Waals surface area contributed by atoms with Gasteiger partial charge in [-0.25, -0.2) is 4.79 Å². The average Bonchev–Trinajstić information content (AvgIpc) is 2.53. The second kappa shape index (κ2) is 6.47. The number of pyridine rings is 1. The van der Waals surface area contributed by atoms with Gasteiger partial charge in [0.2, 0.25) is 0 Å². The third kappa shape index (κ3) is 3.23. The van der Waals surface area contributed by atoms with Gasteiger partial charge in [-0.2, -0.15) is 0 Å². The van der Waals surface area contributed by atoms with E-state index in [2.05, 4.69) is 24.1 Å². The first-order valence-electron chi connectivity index (χ1n) is 8.65. The predicted molar refractivity (Wildman–Crippen MR) is 94.5 cm³/mol. The zero-order valence-electron chi connectivity index (χ0n) is 15.2. The molecule has 0 spiro atoms. The van der Waals surface area contributed by atoms with Crippen LogP contribution >= 0.6 is 0 Å². The van der Waals surface area contributed by atoms with Crippen LogP contribution in [0.3, 0.4) is 0 Å². The molecule has 1 aromatic rings. The molecule has 2 aliphatic rings. The largest absolute Gasteiger partial charge is 0.463 e. The average molecular weight is 340 g/mol. The van der Waals surface area contributed by atoms with Crippen molar-refractivity contribution in [3.63, 3.8) is 0 Å². The number of nitrogens with zero attached hydrogens (tertiary/aromatic N) is 1. The number of nitrogens with one attached hydrogen (secondary N) is 1. The fourth-order valence-corrected chi connectivity index (χ4v) is 3.80. The maximum Gasteiger partial charge on any atom is 0.336 e. The molecule has 2 heterocycles. The topological polar surface area (TPSA) is 68.3 Å². The summed E-state index contributed by atoms with van der Waals surface area (Å²) in [4.78, 5) is 29.7. The number of hydrogen-bond acceptors (Lipinski definition) is 5. The summed E-state index contributed by atoms with van der Waals surface area (Å²) < 4.78 is 5.27. The van der Waals surface area contributed by atoms with E-state index in [1.165, 1.54) is 0 Å². The summed E-state index contributed by atoms with van der Waals surface area (Å²) >= 11 is 0. The summed E-state index contributed by atoms with van der Waals surface area (Å²) in [5.41, 5.74) is 3.68. The summed E-state index contributed by atoms with van der Waals surface area (Å²) in [6.45, 7) is 8.14. The molecular weight excluding hydrogens is 316 g/mol. The molecule has 0 bridgehead atoms. The Bertz CT molecular complexity index is 775. The molecule has 0 saturated carbocycles. The summed E-state index contributed by atoms with van der Waals surface area (Å²) in [6, 6.07) is 3.72. The highest BCUT2D eigenvalue weighted by Gasteiger charge is 2.42. The van der Waals surface area contributed by atoms with Crippen LogP contribution < -0.4 is 5.32 Å². The van der Waals surface area contributed by atoms with E-state index in [-0.39, 0.29) is 17.2 Å². The number of Topliss-reactive ketones (excluding diaryl/α,β-unsaturated/α-hetero) is 1. The molecule has 1 aliphatic heterocycles. The van der Waals surface area contributed by atoms with E-state index < -0.39 is 5.92 Å². The fourth-order valence-electron chi connectivity index (χ4n) is 3.80. The molecule has 0 amide bonds. The van der Waals surface area contributed by atoms with E-state index in [1.807, 2.05) is 19.1 Å². The number of hydrogen-bond donors (Lipinski definition) is 1. The van der Waals surface area contributed by atoms with Crippen molar-refractivity contribution in [3.8, 4) is 0 Å². The van der Waals surface area contributed by atoms with Gasteiger partial charge in [-0.3, -0.25) is 9.78 Å². The number of aromatic nitrogens is 1. The molecule has 25 heavy (non-hydrogen) atoms. The molecule has 1 aliphatic carbocycles. The van der Waals surface area contributed by atoms with Gasteiger partial charge >= 0.3 is 5.97 Å². The van der Waals surface area contributed by atoms with Crippen LogP contribution in [0.5, 0.6) is 0 Å². The van der Waals surface area contributed by atoms with Crippen LogP contribution in [-0.2, 0) is 14.3 Å². The van der Waals surface area contributed by atoms with Crippen LogP contribution in [0.15, 0.2) is 47.1 Å². The van der Waals surface area contributed by atoms with Gasteiger partial charge in [0.25, 0.3) is 0 Å².